The van der Waals surface area contributed by atoms with Crippen molar-refractivity contribution in [1.29, 1.82) is 0 Å². The normalized spacial score (nSPS) is 34.2. The molecular formula is C27H43NO5S. The van der Waals surface area contributed by atoms with Gasteiger partial charge in [-0.1, -0.05) is 39.3 Å². The summed E-state index contributed by atoms with van der Waals surface area (Å²) in [5.41, 5.74) is 1.95. The number of aliphatic hydroxyl groups excluding tert-OH is 3. The minimum absolute atomic E-state index is 0.0164. The van der Waals surface area contributed by atoms with Gasteiger partial charge in [-0.15, -0.1) is 11.3 Å². The first kappa shape index (κ1) is 28.7. The Bertz CT molecular complexity index is 874. The van der Waals surface area contributed by atoms with Crippen molar-refractivity contribution in [1.82, 2.24) is 4.98 Å². The molecule has 7 heteroatoms. The Kier molecular flexibility index (Phi) is 10.5. The van der Waals surface area contributed by atoms with E-state index in [0.29, 0.717) is 6.42 Å². The smallest absolute Gasteiger partial charge is 0.309 e. The molecule has 2 rings (SSSR count). The molecule has 2 heterocycles. The molecule has 1 aliphatic rings. The molecule has 0 radical (unpaired) electrons. The van der Waals surface area contributed by atoms with E-state index in [1.165, 1.54) is 5.57 Å². The van der Waals surface area contributed by atoms with Crippen LogP contribution in [0.5, 0.6) is 0 Å². The van der Waals surface area contributed by atoms with Crippen LogP contribution in [0.4, 0.5) is 0 Å². The molecule has 1 aromatic heterocycles. The maximum atomic E-state index is 12.9. The lowest BCUT2D eigenvalue weighted by atomic mass is 9.71. The number of thiazole rings is 1. The SMILES string of the molecule is C/C1=C/C[C@@H](/C(C)=C/c2csc(C)n2)OC(=O)CC(O)C(C)(C)[C@H](O)[C@H](C)[C@@H](O)[C@@H](C)CCC1. The van der Waals surface area contributed by atoms with Crippen molar-refractivity contribution >= 4 is 23.4 Å². The monoisotopic (exact) mass is 493 g/mol. The lowest BCUT2D eigenvalue weighted by molar-refractivity contribution is -0.155. The van der Waals surface area contributed by atoms with E-state index in [4.69, 9.17) is 4.74 Å². The summed E-state index contributed by atoms with van der Waals surface area (Å²) in [5.74, 6) is -0.942. The number of aliphatic hydroxyl groups is 3. The number of carbonyl (C=O) groups excluding carboxylic acids is 1. The van der Waals surface area contributed by atoms with Gasteiger partial charge in [-0.25, -0.2) is 4.98 Å². The first-order valence-corrected chi connectivity index (χ1v) is 13.2. The standard InChI is InChI=1S/C27H43NO5S/c1-16-9-8-10-17(2)25(31)19(4)26(32)27(6,7)23(29)14-24(30)33-22(12-11-16)18(3)13-21-15-34-20(5)28-21/h11,13,15,17,19,22-23,25-26,29,31-32H,8-10,12,14H2,1-7H3/b16-11-,18-13+/t17-,19+,22-,23?,25-,26+/m0/s1. The summed E-state index contributed by atoms with van der Waals surface area (Å²) in [6.07, 6.45) is 3.77. The van der Waals surface area contributed by atoms with Crippen LogP contribution in [0.1, 0.15) is 84.3 Å². The summed E-state index contributed by atoms with van der Waals surface area (Å²) >= 11 is 1.57. The number of cyclic esters (lactones) is 1. The number of aromatic nitrogens is 1. The highest BCUT2D eigenvalue weighted by Crippen LogP contribution is 2.35. The Morgan fingerprint density at radius 3 is 2.53 bits per heavy atom. The van der Waals surface area contributed by atoms with E-state index < -0.39 is 41.7 Å². The number of carbonyl (C=O) groups is 1. The van der Waals surface area contributed by atoms with Gasteiger partial charge in [-0.05, 0) is 57.6 Å². The molecule has 1 aliphatic heterocycles. The molecule has 192 valence electrons. The van der Waals surface area contributed by atoms with Crippen molar-refractivity contribution in [2.45, 2.75) is 105 Å². The summed E-state index contributed by atoms with van der Waals surface area (Å²) in [4.78, 5) is 17.3. The number of hydrogen-bond acceptors (Lipinski definition) is 7. The largest absolute Gasteiger partial charge is 0.457 e. The second-order valence-electron chi connectivity index (χ2n) is 10.6. The van der Waals surface area contributed by atoms with Crippen LogP contribution in [-0.4, -0.2) is 50.7 Å². The molecule has 1 aromatic rings. The lowest BCUT2D eigenvalue weighted by Gasteiger charge is -2.40. The van der Waals surface area contributed by atoms with E-state index in [9.17, 15) is 20.1 Å². The van der Waals surface area contributed by atoms with E-state index in [2.05, 4.69) is 18.0 Å². The van der Waals surface area contributed by atoms with Crippen LogP contribution in [-0.2, 0) is 9.53 Å². The summed E-state index contributed by atoms with van der Waals surface area (Å²) in [7, 11) is 0. The van der Waals surface area contributed by atoms with E-state index in [0.717, 1.165) is 35.5 Å². The van der Waals surface area contributed by atoms with Gasteiger partial charge in [0.2, 0.25) is 0 Å². The molecule has 3 N–H and O–H groups in total. The summed E-state index contributed by atoms with van der Waals surface area (Å²) in [6, 6.07) is 0. The number of ether oxygens (including phenoxy) is 1. The molecule has 0 fully saturated rings. The van der Waals surface area contributed by atoms with Gasteiger partial charge in [-0.2, -0.15) is 0 Å². The van der Waals surface area contributed by atoms with E-state index >= 15 is 0 Å². The number of nitrogens with zero attached hydrogens (tertiary/aromatic N) is 1. The third kappa shape index (κ3) is 7.74. The Morgan fingerprint density at radius 1 is 1.24 bits per heavy atom. The number of aryl methyl sites for hydroxylation is 1. The molecule has 6 nitrogen and oxygen atoms in total. The first-order valence-electron chi connectivity index (χ1n) is 12.3. The fourth-order valence-electron chi connectivity index (χ4n) is 4.59. The molecule has 34 heavy (non-hydrogen) atoms. The summed E-state index contributed by atoms with van der Waals surface area (Å²) < 4.78 is 5.84. The zero-order valence-electron chi connectivity index (χ0n) is 21.7. The quantitative estimate of drug-likeness (QED) is 0.393. The predicted octanol–water partition coefficient (Wildman–Crippen LogP) is 5.06. The maximum Gasteiger partial charge on any atom is 0.309 e. The van der Waals surface area contributed by atoms with Crippen molar-refractivity contribution < 1.29 is 24.9 Å². The summed E-state index contributed by atoms with van der Waals surface area (Å²) in [6.45, 7) is 13.2. The highest BCUT2D eigenvalue weighted by molar-refractivity contribution is 7.09. The van der Waals surface area contributed by atoms with Gasteiger partial charge in [0, 0.05) is 23.1 Å². The second kappa shape index (κ2) is 12.4. The first-order chi connectivity index (χ1) is 15.8. The third-order valence-corrected chi connectivity index (χ3v) is 8.10. The minimum Gasteiger partial charge on any atom is -0.457 e. The number of rotatable bonds is 2. The summed E-state index contributed by atoms with van der Waals surface area (Å²) in [5, 5.41) is 35.7. The van der Waals surface area contributed by atoms with Crippen molar-refractivity contribution in [2.75, 3.05) is 0 Å². The van der Waals surface area contributed by atoms with Gasteiger partial charge in [-0.3, -0.25) is 4.79 Å². The number of esters is 1. The average molecular weight is 494 g/mol. The Labute approximate surface area is 208 Å². The lowest BCUT2D eigenvalue weighted by Crippen LogP contribution is -2.48. The maximum absolute atomic E-state index is 12.9. The van der Waals surface area contributed by atoms with Crippen LogP contribution >= 0.6 is 11.3 Å². The highest BCUT2D eigenvalue weighted by atomic mass is 32.1. The molecule has 0 saturated carbocycles. The second-order valence-corrected chi connectivity index (χ2v) is 11.7. The zero-order valence-corrected chi connectivity index (χ0v) is 22.6. The highest BCUT2D eigenvalue weighted by Gasteiger charge is 2.42. The molecule has 6 atom stereocenters. The van der Waals surface area contributed by atoms with Crippen molar-refractivity contribution in [2.24, 2.45) is 17.3 Å². The number of allylic oxidation sites excluding steroid dienone is 1. The van der Waals surface area contributed by atoms with Crippen molar-refractivity contribution in [3.63, 3.8) is 0 Å². The number of hydrogen-bond donors (Lipinski definition) is 3. The van der Waals surface area contributed by atoms with Crippen LogP contribution in [0.2, 0.25) is 0 Å². The average Bonchev–Trinajstić information content (AvgIpc) is 3.18. The predicted molar refractivity (Wildman–Crippen MR) is 137 cm³/mol. The van der Waals surface area contributed by atoms with Crippen LogP contribution in [0.25, 0.3) is 6.08 Å². The fraction of sp³-hybridized carbons (Fsp3) is 0.704. The van der Waals surface area contributed by atoms with Gasteiger partial charge in [0.15, 0.2) is 0 Å². The van der Waals surface area contributed by atoms with Crippen molar-refractivity contribution in [3.05, 3.63) is 33.3 Å². The third-order valence-electron chi connectivity index (χ3n) is 7.31. The van der Waals surface area contributed by atoms with E-state index in [1.807, 2.05) is 32.2 Å². The molecule has 0 aliphatic carbocycles. The van der Waals surface area contributed by atoms with Gasteiger partial charge in [0.25, 0.3) is 0 Å². The Hall–Kier alpha value is -1.54. The van der Waals surface area contributed by atoms with Gasteiger partial charge < -0.3 is 20.1 Å². The molecule has 0 saturated heterocycles. The van der Waals surface area contributed by atoms with E-state index in [1.54, 1.807) is 32.1 Å². The molecule has 0 amide bonds. The van der Waals surface area contributed by atoms with Crippen LogP contribution in [0.15, 0.2) is 22.6 Å². The zero-order chi connectivity index (χ0) is 25.6. The van der Waals surface area contributed by atoms with Gasteiger partial charge >= 0.3 is 5.97 Å². The minimum atomic E-state index is -1.11. The Morgan fingerprint density at radius 2 is 1.91 bits per heavy atom. The molecular weight excluding hydrogens is 450 g/mol. The topological polar surface area (TPSA) is 99.9 Å². The van der Waals surface area contributed by atoms with Gasteiger partial charge in [0.05, 0.1) is 35.4 Å². The van der Waals surface area contributed by atoms with Gasteiger partial charge in [0.1, 0.15) is 6.10 Å². The van der Waals surface area contributed by atoms with Crippen LogP contribution in [0, 0.1) is 24.2 Å². The molecule has 1 unspecified atom stereocenters. The Balaban J connectivity index is 2.32. The van der Waals surface area contributed by atoms with E-state index in [-0.39, 0.29) is 12.3 Å². The fourth-order valence-corrected chi connectivity index (χ4v) is 5.16. The molecule has 0 spiro atoms. The van der Waals surface area contributed by atoms with Crippen molar-refractivity contribution in [3.8, 4) is 0 Å². The molecule has 0 aromatic carbocycles. The molecule has 0 bridgehead atoms. The van der Waals surface area contributed by atoms with Crippen LogP contribution < -0.4 is 0 Å². The van der Waals surface area contributed by atoms with Crippen LogP contribution in [0.3, 0.4) is 0 Å².